The van der Waals surface area contributed by atoms with Crippen LogP contribution in [0.3, 0.4) is 0 Å². The van der Waals surface area contributed by atoms with Crippen molar-refractivity contribution in [3.05, 3.63) is 35.9 Å². The van der Waals surface area contributed by atoms with Crippen molar-refractivity contribution in [2.24, 2.45) is 0 Å². The lowest BCUT2D eigenvalue weighted by molar-refractivity contribution is -0.123. The first kappa shape index (κ1) is 12.2. The smallest absolute Gasteiger partial charge is 0.417 e. The van der Waals surface area contributed by atoms with E-state index in [9.17, 15) is 9.59 Å². The molecule has 1 aromatic carbocycles. The topological polar surface area (TPSA) is 46.6 Å². The molecule has 0 aromatic heterocycles. The first-order chi connectivity index (χ1) is 8.72. The van der Waals surface area contributed by atoms with E-state index in [0.717, 1.165) is 10.5 Å². The molecular formula is C14H13NO3. The molecule has 0 aliphatic carbocycles. The second kappa shape index (κ2) is 5.37. The average molecular weight is 243 g/mol. The summed E-state index contributed by atoms with van der Waals surface area (Å²) in [6, 6.07) is 9.41. The molecule has 1 fully saturated rings. The third-order valence-electron chi connectivity index (χ3n) is 2.73. The summed E-state index contributed by atoms with van der Waals surface area (Å²) in [5.41, 5.74) is 1.06. The minimum absolute atomic E-state index is 0.227. The van der Waals surface area contributed by atoms with E-state index in [4.69, 9.17) is 4.74 Å². The third-order valence-corrected chi connectivity index (χ3v) is 2.73. The molecule has 0 radical (unpaired) electrons. The van der Waals surface area contributed by atoms with Gasteiger partial charge in [0.05, 0.1) is 6.04 Å². The summed E-state index contributed by atoms with van der Waals surface area (Å²) in [6.45, 7) is 1.79. The highest BCUT2D eigenvalue weighted by Crippen LogP contribution is 2.17. The number of amides is 2. The molecule has 18 heavy (non-hydrogen) atoms. The maximum Gasteiger partial charge on any atom is 0.417 e. The zero-order chi connectivity index (χ0) is 13.0. The van der Waals surface area contributed by atoms with Crippen molar-refractivity contribution < 1.29 is 14.3 Å². The van der Waals surface area contributed by atoms with Crippen LogP contribution in [0, 0.1) is 11.8 Å². The molecule has 92 valence electrons. The van der Waals surface area contributed by atoms with Crippen molar-refractivity contribution in [2.45, 2.75) is 19.4 Å². The molecule has 1 saturated heterocycles. The zero-order valence-corrected chi connectivity index (χ0v) is 10.1. The number of hydrogen-bond acceptors (Lipinski definition) is 3. The molecule has 1 atom stereocenters. The van der Waals surface area contributed by atoms with Crippen LogP contribution in [0.1, 0.15) is 12.5 Å². The number of rotatable bonds is 2. The lowest BCUT2D eigenvalue weighted by atomic mass is 10.1. The lowest BCUT2D eigenvalue weighted by Crippen LogP contribution is -2.39. The van der Waals surface area contributed by atoms with Gasteiger partial charge in [0.2, 0.25) is 0 Å². The summed E-state index contributed by atoms with van der Waals surface area (Å²) < 4.78 is 4.92. The molecule has 4 nitrogen and oxygen atoms in total. The van der Waals surface area contributed by atoms with Crippen molar-refractivity contribution in [3.63, 3.8) is 0 Å². The van der Waals surface area contributed by atoms with E-state index in [1.807, 2.05) is 30.3 Å². The molecule has 1 unspecified atom stereocenters. The molecule has 1 heterocycles. The highest BCUT2D eigenvalue weighted by atomic mass is 16.6. The van der Waals surface area contributed by atoms with Gasteiger partial charge in [-0.25, -0.2) is 9.69 Å². The summed E-state index contributed by atoms with van der Waals surface area (Å²) in [5, 5.41) is 0. The quantitative estimate of drug-likeness (QED) is 0.741. The van der Waals surface area contributed by atoms with Crippen LogP contribution in [0.15, 0.2) is 30.3 Å². The summed E-state index contributed by atoms with van der Waals surface area (Å²) in [5.74, 6) is 4.37. The van der Waals surface area contributed by atoms with E-state index in [-0.39, 0.29) is 12.6 Å². The predicted molar refractivity (Wildman–Crippen MR) is 65.6 cm³/mol. The number of carbonyl (C=O) groups excluding carboxylic acids is 2. The summed E-state index contributed by atoms with van der Waals surface area (Å²) >= 11 is 0. The fourth-order valence-corrected chi connectivity index (χ4v) is 1.91. The van der Waals surface area contributed by atoms with E-state index in [0.29, 0.717) is 6.42 Å². The molecule has 1 aliphatic heterocycles. The second-order valence-electron chi connectivity index (χ2n) is 3.97. The fourth-order valence-electron chi connectivity index (χ4n) is 1.91. The van der Waals surface area contributed by atoms with Crippen molar-refractivity contribution in [1.82, 2.24) is 4.90 Å². The Hall–Kier alpha value is -2.28. The van der Waals surface area contributed by atoms with Crippen LogP contribution in [-0.2, 0) is 16.0 Å². The van der Waals surface area contributed by atoms with Gasteiger partial charge in [-0.05, 0) is 24.8 Å². The fraction of sp³-hybridized carbons (Fsp3) is 0.286. The maximum absolute atomic E-state index is 11.7. The van der Waals surface area contributed by atoms with E-state index < -0.39 is 12.0 Å². The Morgan fingerprint density at radius 1 is 1.44 bits per heavy atom. The van der Waals surface area contributed by atoms with Crippen LogP contribution < -0.4 is 0 Å². The first-order valence-electron chi connectivity index (χ1n) is 5.69. The van der Waals surface area contributed by atoms with Gasteiger partial charge in [-0.15, -0.1) is 0 Å². The van der Waals surface area contributed by atoms with Crippen LogP contribution in [0.25, 0.3) is 0 Å². The van der Waals surface area contributed by atoms with Gasteiger partial charge in [0, 0.05) is 0 Å². The molecule has 2 amide bonds. The van der Waals surface area contributed by atoms with Crippen LogP contribution in [0.2, 0.25) is 0 Å². The molecule has 0 N–H and O–H groups in total. The number of cyclic esters (lactones) is 1. The van der Waals surface area contributed by atoms with Crippen molar-refractivity contribution in [3.8, 4) is 11.8 Å². The van der Waals surface area contributed by atoms with Crippen LogP contribution in [-0.4, -0.2) is 29.5 Å². The Bertz CT molecular complexity index is 513. The van der Waals surface area contributed by atoms with E-state index >= 15 is 0 Å². The lowest BCUT2D eigenvalue weighted by Gasteiger charge is -2.16. The number of hydrogen-bond donors (Lipinski definition) is 0. The SMILES string of the molecule is CC#CC(=O)N1C(=O)OCC1Cc1ccccc1. The highest BCUT2D eigenvalue weighted by molar-refractivity contribution is 6.03. The Labute approximate surface area is 106 Å². The summed E-state index contributed by atoms with van der Waals surface area (Å²) in [4.78, 5) is 24.3. The largest absolute Gasteiger partial charge is 0.447 e. The van der Waals surface area contributed by atoms with E-state index in [2.05, 4.69) is 11.8 Å². The van der Waals surface area contributed by atoms with E-state index in [1.54, 1.807) is 6.92 Å². The highest BCUT2D eigenvalue weighted by Gasteiger charge is 2.37. The molecule has 0 saturated carbocycles. The molecule has 0 bridgehead atoms. The second-order valence-corrected chi connectivity index (χ2v) is 3.97. The van der Waals surface area contributed by atoms with Gasteiger partial charge < -0.3 is 4.74 Å². The Balaban J connectivity index is 2.14. The number of imide groups is 1. The minimum atomic E-state index is -0.608. The summed E-state index contributed by atoms with van der Waals surface area (Å²) in [7, 11) is 0. The van der Waals surface area contributed by atoms with E-state index in [1.165, 1.54) is 0 Å². The van der Waals surface area contributed by atoms with Gasteiger partial charge in [-0.3, -0.25) is 4.79 Å². The number of ether oxygens (including phenoxy) is 1. The molecule has 2 rings (SSSR count). The van der Waals surface area contributed by atoms with Crippen LogP contribution in [0.5, 0.6) is 0 Å². The molecule has 4 heteroatoms. The standard InChI is InChI=1S/C14H13NO3/c1-2-6-13(16)15-12(10-18-14(15)17)9-11-7-4-3-5-8-11/h3-5,7-8,12H,9-10H2,1H3. The van der Waals surface area contributed by atoms with Crippen molar-refractivity contribution in [2.75, 3.05) is 6.61 Å². The average Bonchev–Trinajstić information content (AvgIpc) is 2.72. The monoisotopic (exact) mass is 243 g/mol. The first-order valence-corrected chi connectivity index (χ1v) is 5.69. The minimum Gasteiger partial charge on any atom is -0.447 e. The molecular weight excluding hydrogens is 230 g/mol. The zero-order valence-electron chi connectivity index (χ0n) is 10.1. The van der Waals surface area contributed by atoms with Gasteiger partial charge in [0.15, 0.2) is 0 Å². The number of benzene rings is 1. The molecule has 1 aromatic rings. The molecule has 1 aliphatic rings. The van der Waals surface area contributed by atoms with Gasteiger partial charge in [-0.1, -0.05) is 36.3 Å². The van der Waals surface area contributed by atoms with Crippen molar-refractivity contribution >= 4 is 12.0 Å². The number of carbonyl (C=O) groups is 2. The van der Waals surface area contributed by atoms with Gasteiger partial charge >= 0.3 is 12.0 Å². The Kier molecular flexibility index (Phi) is 3.63. The Morgan fingerprint density at radius 2 is 2.17 bits per heavy atom. The molecule has 0 spiro atoms. The van der Waals surface area contributed by atoms with Crippen molar-refractivity contribution in [1.29, 1.82) is 0 Å². The van der Waals surface area contributed by atoms with Gasteiger partial charge in [0.1, 0.15) is 6.61 Å². The van der Waals surface area contributed by atoms with Gasteiger partial charge in [0.25, 0.3) is 0 Å². The van der Waals surface area contributed by atoms with Crippen LogP contribution >= 0.6 is 0 Å². The normalized spacial score (nSPS) is 17.9. The third kappa shape index (κ3) is 2.51. The van der Waals surface area contributed by atoms with Crippen LogP contribution in [0.4, 0.5) is 4.79 Å². The van der Waals surface area contributed by atoms with Gasteiger partial charge in [-0.2, -0.15) is 0 Å². The number of nitrogens with zero attached hydrogens (tertiary/aromatic N) is 1. The summed E-state index contributed by atoms with van der Waals surface area (Å²) in [6.07, 6.45) is -0.0207. The maximum atomic E-state index is 11.7. The predicted octanol–water partition coefficient (Wildman–Crippen LogP) is 1.60. The Morgan fingerprint density at radius 3 is 2.83 bits per heavy atom.